The van der Waals surface area contributed by atoms with Gasteiger partial charge in [-0.05, 0) is 59.7 Å². The molecule has 1 N–H and O–H groups in total. The van der Waals surface area contributed by atoms with Gasteiger partial charge in [0.2, 0.25) is 0 Å². The Morgan fingerprint density at radius 1 is 1.39 bits per heavy atom. The van der Waals surface area contributed by atoms with Gasteiger partial charge < -0.3 is 5.11 Å². The van der Waals surface area contributed by atoms with E-state index in [1.54, 1.807) is 11.3 Å². The quantitative estimate of drug-likeness (QED) is 0.777. The van der Waals surface area contributed by atoms with Gasteiger partial charge in [-0.15, -0.1) is 11.3 Å². The molecule has 1 heterocycles. The van der Waals surface area contributed by atoms with E-state index in [-0.39, 0.29) is 11.5 Å². The Hall–Kier alpha value is 0.140. The van der Waals surface area contributed by atoms with E-state index in [0.29, 0.717) is 5.92 Å². The normalized spacial score (nSPS) is 20.6. The first-order valence-electron chi connectivity index (χ1n) is 6.88. The summed E-state index contributed by atoms with van der Waals surface area (Å²) in [5, 5.41) is 10.8. The molecule has 0 radical (unpaired) electrons. The summed E-state index contributed by atoms with van der Waals surface area (Å²) < 4.78 is 1.16. The molecule has 1 aromatic rings. The smallest absolute Gasteiger partial charge is 0.0938 e. The van der Waals surface area contributed by atoms with Crippen molar-refractivity contribution >= 4 is 27.3 Å². The van der Waals surface area contributed by atoms with Crippen LogP contribution in [0, 0.1) is 18.3 Å². The number of hydrogen-bond donors (Lipinski definition) is 1. The molecular formula is C15H23BrOS. The number of aliphatic hydroxyl groups excluding tert-OH is 1. The van der Waals surface area contributed by atoms with Gasteiger partial charge in [0.05, 0.1) is 9.89 Å². The molecular weight excluding hydrogens is 308 g/mol. The maximum absolute atomic E-state index is 10.8. The van der Waals surface area contributed by atoms with Crippen molar-refractivity contribution in [2.75, 3.05) is 0 Å². The number of rotatable bonds is 4. The highest BCUT2D eigenvalue weighted by molar-refractivity contribution is 9.11. The van der Waals surface area contributed by atoms with E-state index >= 15 is 0 Å². The van der Waals surface area contributed by atoms with E-state index in [4.69, 9.17) is 0 Å². The Kier molecular flexibility index (Phi) is 4.56. The van der Waals surface area contributed by atoms with Crippen molar-refractivity contribution in [2.45, 2.75) is 59.0 Å². The fourth-order valence-electron chi connectivity index (χ4n) is 3.40. The van der Waals surface area contributed by atoms with Crippen LogP contribution >= 0.6 is 27.3 Å². The van der Waals surface area contributed by atoms with Gasteiger partial charge in [-0.3, -0.25) is 0 Å². The summed E-state index contributed by atoms with van der Waals surface area (Å²) in [6, 6.07) is 2.15. The number of halogens is 1. The Bertz CT molecular complexity index is 385. The molecule has 1 saturated carbocycles. The molecule has 2 rings (SSSR count). The zero-order valence-electron chi connectivity index (χ0n) is 11.5. The van der Waals surface area contributed by atoms with Crippen molar-refractivity contribution in [1.82, 2.24) is 0 Å². The van der Waals surface area contributed by atoms with E-state index < -0.39 is 0 Å². The summed E-state index contributed by atoms with van der Waals surface area (Å²) in [5.74, 6) is 0.655. The molecule has 102 valence electrons. The fraction of sp³-hybridized carbons (Fsp3) is 0.733. The lowest BCUT2D eigenvalue weighted by atomic mass is 9.73. The van der Waals surface area contributed by atoms with Crippen LogP contribution in [-0.4, -0.2) is 5.11 Å². The second-order valence-electron chi connectivity index (χ2n) is 6.18. The zero-order valence-corrected chi connectivity index (χ0v) is 13.9. The van der Waals surface area contributed by atoms with Crippen LogP contribution in [0.1, 0.15) is 62.5 Å². The van der Waals surface area contributed by atoms with Gasteiger partial charge in [-0.2, -0.15) is 0 Å². The van der Waals surface area contributed by atoms with Crippen LogP contribution in [0.5, 0.6) is 0 Å². The van der Waals surface area contributed by atoms with E-state index in [0.717, 1.165) is 15.1 Å². The Balaban J connectivity index is 2.25. The third-order valence-electron chi connectivity index (χ3n) is 4.14. The molecule has 1 atom stereocenters. The molecule has 0 bridgehead atoms. The van der Waals surface area contributed by atoms with Crippen LogP contribution in [0.25, 0.3) is 0 Å². The Morgan fingerprint density at radius 2 is 2.00 bits per heavy atom. The molecule has 1 aliphatic carbocycles. The molecule has 18 heavy (non-hydrogen) atoms. The van der Waals surface area contributed by atoms with Crippen LogP contribution in [-0.2, 0) is 0 Å². The minimum absolute atomic E-state index is 0.130. The molecule has 1 aromatic heterocycles. The van der Waals surface area contributed by atoms with Crippen LogP contribution in [0.3, 0.4) is 0 Å². The first-order chi connectivity index (χ1) is 8.44. The second kappa shape index (κ2) is 5.64. The lowest BCUT2D eigenvalue weighted by molar-refractivity contribution is 0.0137. The van der Waals surface area contributed by atoms with Gasteiger partial charge in [0.25, 0.3) is 0 Å². The van der Waals surface area contributed by atoms with Crippen molar-refractivity contribution in [3.63, 3.8) is 0 Å². The topological polar surface area (TPSA) is 20.2 Å². The van der Waals surface area contributed by atoms with Gasteiger partial charge in [-0.25, -0.2) is 0 Å². The second-order valence-corrected chi connectivity index (χ2v) is 8.58. The molecule has 0 amide bonds. The molecule has 3 heteroatoms. The van der Waals surface area contributed by atoms with Crippen molar-refractivity contribution in [3.8, 4) is 0 Å². The van der Waals surface area contributed by atoms with Gasteiger partial charge in [0.15, 0.2) is 0 Å². The van der Waals surface area contributed by atoms with E-state index in [1.165, 1.54) is 31.2 Å². The maximum Gasteiger partial charge on any atom is 0.0938 e. The van der Waals surface area contributed by atoms with Crippen LogP contribution in [0.15, 0.2) is 9.85 Å². The highest BCUT2D eigenvalue weighted by Gasteiger charge is 2.42. The molecule has 1 nitrogen and oxygen atoms in total. The predicted molar refractivity (Wildman–Crippen MR) is 82.1 cm³/mol. The van der Waals surface area contributed by atoms with Crippen molar-refractivity contribution in [2.24, 2.45) is 11.3 Å². The van der Waals surface area contributed by atoms with Gasteiger partial charge in [-0.1, -0.05) is 26.7 Å². The summed E-state index contributed by atoms with van der Waals surface area (Å²) in [5.41, 5.74) is 1.37. The minimum atomic E-state index is -0.280. The molecule has 1 fully saturated rings. The number of thiophene rings is 1. The lowest BCUT2D eigenvalue weighted by Gasteiger charge is -2.35. The van der Waals surface area contributed by atoms with E-state index in [1.807, 2.05) is 0 Å². The largest absolute Gasteiger partial charge is 0.387 e. The Labute approximate surface area is 123 Å². The van der Waals surface area contributed by atoms with Crippen LogP contribution < -0.4 is 0 Å². The molecule has 0 aliphatic heterocycles. The summed E-state index contributed by atoms with van der Waals surface area (Å²) in [6.07, 6.45) is 5.77. The maximum atomic E-state index is 10.8. The molecule has 1 unspecified atom stereocenters. The average molecular weight is 331 g/mol. The summed E-state index contributed by atoms with van der Waals surface area (Å²) in [4.78, 5) is 1.14. The average Bonchev–Trinajstić information content (AvgIpc) is 2.86. The summed E-state index contributed by atoms with van der Waals surface area (Å²) in [7, 11) is 0. The van der Waals surface area contributed by atoms with Crippen molar-refractivity contribution < 1.29 is 5.11 Å². The van der Waals surface area contributed by atoms with Crippen LogP contribution in [0.2, 0.25) is 0 Å². The fourth-order valence-corrected chi connectivity index (χ4v) is 5.10. The van der Waals surface area contributed by atoms with E-state index in [2.05, 4.69) is 42.8 Å². The number of aliphatic hydroxyl groups is 1. The van der Waals surface area contributed by atoms with Gasteiger partial charge in [0.1, 0.15) is 0 Å². The van der Waals surface area contributed by atoms with Crippen molar-refractivity contribution in [1.29, 1.82) is 0 Å². The molecule has 1 aliphatic rings. The monoisotopic (exact) mass is 330 g/mol. The first-order valence-corrected chi connectivity index (χ1v) is 8.49. The molecule has 0 saturated heterocycles. The highest BCUT2D eigenvalue weighted by Crippen LogP contribution is 2.53. The van der Waals surface area contributed by atoms with Gasteiger partial charge >= 0.3 is 0 Å². The number of aryl methyl sites for hydroxylation is 1. The summed E-state index contributed by atoms with van der Waals surface area (Å²) in [6.45, 7) is 6.63. The summed E-state index contributed by atoms with van der Waals surface area (Å²) >= 11 is 5.27. The minimum Gasteiger partial charge on any atom is -0.387 e. The lowest BCUT2D eigenvalue weighted by Crippen LogP contribution is -2.27. The molecule has 0 aromatic carbocycles. The van der Waals surface area contributed by atoms with Gasteiger partial charge in [0, 0.05) is 10.3 Å². The molecule has 0 spiro atoms. The first kappa shape index (κ1) is 14.5. The van der Waals surface area contributed by atoms with Crippen molar-refractivity contribution in [3.05, 3.63) is 20.3 Å². The highest BCUT2D eigenvalue weighted by atomic mass is 79.9. The zero-order chi connectivity index (χ0) is 13.3. The van der Waals surface area contributed by atoms with E-state index in [9.17, 15) is 5.11 Å². The standard InChI is InChI=1S/C15H23BrOS/c1-10(2)9-15(6-4-5-7-15)13(17)12-8-11(3)14(16)18-12/h8,10,13,17H,4-7,9H2,1-3H3. The Morgan fingerprint density at radius 3 is 2.44 bits per heavy atom. The third-order valence-corrected chi connectivity index (χ3v) is 6.33. The SMILES string of the molecule is Cc1cc(C(O)C2(CC(C)C)CCCC2)sc1Br. The third kappa shape index (κ3) is 2.83. The number of hydrogen-bond acceptors (Lipinski definition) is 2. The van der Waals surface area contributed by atoms with Crippen LogP contribution in [0.4, 0.5) is 0 Å². The predicted octanol–water partition coefficient (Wildman–Crippen LogP) is 5.46.